The van der Waals surface area contributed by atoms with E-state index in [2.05, 4.69) is 4.74 Å². The van der Waals surface area contributed by atoms with Gasteiger partial charge >= 0.3 is 5.97 Å². The van der Waals surface area contributed by atoms with Crippen LogP contribution in [0.4, 0.5) is 0 Å². The summed E-state index contributed by atoms with van der Waals surface area (Å²) in [4.78, 5) is 11.1. The van der Waals surface area contributed by atoms with Crippen LogP contribution in [0.25, 0.3) is 0 Å². The summed E-state index contributed by atoms with van der Waals surface area (Å²) in [7, 11) is -1.34. The maximum absolute atomic E-state index is 11.8. The Balaban J connectivity index is 2.48. The molecule has 1 aromatic rings. The second-order valence-electron chi connectivity index (χ2n) is 3.42. The van der Waals surface area contributed by atoms with Gasteiger partial charge < -0.3 is 9.84 Å². The molecule has 6 heteroatoms. The molecule has 1 aromatic carbocycles. The molecule has 0 aromatic heterocycles. The first-order valence-electron chi connectivity index (χ1n) is 4.94. The molecule has 0 bridgehead atoms. The molecule has 0 saturated heterocycles. The summed E-state index contributed by atoms with van der Waals surface area (Å²) < 4.78 is 16.4. The van der Waals surface area contributed by atoms with Gasteiger partial charge in [-0.25, -0.2) is 0 Å². The predicted molar refractivity (Wildman–Crippen MR) is 65.4 cm³/mol. The quantitative estimate of drug-likeness (QED) is 0.825. The van der Waals surface area contributed by atoms with Gasteiger partial charge in [0.2, 0.25) is 0 Å². The Labute approximate surface area is 107 Å². The van der Waals surface area contributed by atoms with Gasteiger partial charge in [-0.2, -0.15) is 0 Å². The zero-order valence-electron chi connectivity index (χ0n) is 9.26. The molecule has 2 atom stereocenters. The lowest BCUT2D eigenvalue weighted by molar-refractivity contribution is -0.143. The van der Waals surface area contributed by atoms with Gasteiger partial charge in [0.15, 0.2) is 0 Å². The van der Waals surface area contributed by atoms with E-state index in [1.54, 1.807) is 24.3 Å². The van der Waals surface area contributed by atoms with Crippen molar-refractivity contribution in [3.8, 4) is 0 Å². The van der Waals surface area contributed by atoms with E-state index < -0.39 is 22.9 Å². The van der Waals surface area contributed by atoms with Crippen molar-refractivity contribution in [2.45, 2.75) is 17.9 Å². The minimum atomic E-state index is -1.34. The molecule has 0 aliphatic carbocycles. The summed E-state index contributed by atoms with van der Waals surface area (Å²) in [6.07, 6.45) is -0.935. The Bertz CT molecular complexity index is 404. The first-order valence-corrected chi connectivity index (χ1v) is 6.64. The first-order chi connectivity index (χ1) is 7.99. The van der Waals surface area contributed by atoms with Crippen LogP contribution in [0.1, 0.15) is 6.92 Å². The fraction of sp³-hybridized carbons (Fsp3) is 0.364. The van der Waals surface area contributed by atoms with Crippen LogP contribution in [0, 0.1) is 0 Å². The van der Waals surface area contributed by atoms with Gasteiger partial charge in [0.1, 0.15) is 6.61 Å². The van der Waals surface area contributed by atoms with E-state index in [4.69, 9.17) is 11.6 Å². The molecule has 1 rings (SSSR count). The molecule has 0 aliphatic rings. The number of halogens is 1. The highest BCUT2D eigenvalue weighted by Gasteiger charge is 2.12. The smallest absolute Gasteiger partial charge is 0.302 e. The molecule has 17 heavy (non-hydrogen) atoms. The highest BCUT2D eigenvalue weighted by Crippen LogP contribution is 2.13. The average Bonchev–Trinajstić information content (AvgIpc) is 2.27. The van der Waals surface area contributed by atoms with Crippen molar-refractivity contribution in [3.05, 3.63) is 29.3 Å². The monoisotopic (exact) mass is 276 g/mol. The molecule has 0 aliphatic heterocycles. The van der Waals surface area contributed by atoms with E-state index in [0.29, 0.717) is 9.92 Å². The Hall–Kier alpha value is -0.910. The largest absolute Gasteiger partial charge is 0.463 e. The number of carbonyl (C=O) groups is 1. The van der Waals surface area contributed by atoms with Gasteiger partial charge in [-0.3, -0.25) is 9.00 Å². The molecular formula is C11H13ClO4S. The predicted octanol–water partition coefficient (Wildman–Crippen LogP) is 1.37. The van der Waals surface area contributed by atoms with E-state index in [0.717, 1.165) is 0 Å². The first kappa shape index (κ1) is 14.2. The van der Waals surface area contributed by atoms with Crippen LogP contribution in [0.5, 0.6) is 0 Å². The van der Waals surface area contributed by atoms with Crippen LogP contribution in [0.3, 0.4) is 0 Å². The molecule has 0 fully saturated rings. The molecule has 4 nitrogen and oxygen atoms in total. The summed E-state index contributed by atoms with van der Waals surface area (Å²) in [6.45, 7) is 1.11. The third-order valence-corrected chi connectivity index (χ3v) is 3.64. The number of carbonyl (C=O) groups excluding carboxylic acids is 1. The third kappa shape index (κ3) is 5.30. The van der Waals surface area contributed by atoms with Crippen molar-refractivity contribution < 1.29 is 18.8 Å². The highest BCUT2D eigenvalue weighted by molar-refractivity contribution is 7.85. The van der Waals surface area contributed by atoms with Crippen molar-refractivity contribution in [2.75, 3.05) is 12.4 Å². The van der Waals surface area contributed by atoms with Crippen molar-refractivity contribution >= 4 is 28.4 Å². The molecule has 0 amide bonds. The van der Waals surface area contributed by atoms with Gasteiger partial charge in [0, 0.05) is 16.8 Å². The number of aliphatic hydroxyl groups is 1. The normalized spacial score (nSPS) is 14.1. The third-order valence-electron chi connectivity index (χ3n) is 1.90. The molecule has 94 valence electrons. The summed E-state index contributed by atoms with van der Waals surface area (Å²) in [6, 6.07) is 6.54. The number of esters is 1. The topological polar surface area (TPSA) is 63.6 Å². The molecular weight excluding hydrogens is 264 g/mol. The zero-order valence-corrected chi connectivity index (χ0v) is 10.8. The van der Waals surface area contributed by atoms with Crippen LogP contribution in [-0.2, 0) is 20.3 Å². The molecule has 0 spiro atoms. The lowest BCUT2D eigenvalue weighted by Crippen LogP contribution is -2.23. The zero-order chi connectivity index (χ0) is 12.8. The average molecular weight is 277 g/mol. The van der Waals surface area contributed by atoms with Crippen molar-refractivity contribution in [3.63, 3.8) is 0 Å². The lowest BCUT2D eigenvalue weighted by Gasteiger charge is -2.10. The fourth-order valence-corrected chi connectivity index (χ4v) is 2.32. The second-order valence-corrected chi connectivity index (χ2v) is 5.35. The second kappa shape index (κ2) is 6.74. The molecule has 2 unspecified atom stereocenters. The number of benzene rings is 1. The number of ether oxygens (including phenoxy) is 1. The summed E-state index contributed by atoms with van der Waals surface area (Å²) in [5.41, 5.74) is 0. The van der Waals surface area contributed by atoms with Crippen LogP contribution >= 0.6 is 11.6 Å². The van der Waals surface area contributed by atoms with Crippen molar-refractivity contribution in [1.82, 2.24) is 0 Å². The minimum absolute atomic E-state index is 0.0227. The number of aliphatic hydroxyl groups excluding tert-OH is 1. The van der Waals surface area contributed by atoms with E-state index >= 15 is 0 Å². The molecule has 0 heterocycles. The number of hydrogen-bond donors (Lipinski definition) is 1. The molecule has 1 N–H and O–H groups in total. The van der Waals surface area contributed by atoms with Crippen LogP contribution < -0.4 is 0 Å². The van der Waals surface area contributed by atoms with E-state index in [-0.39, 0.29) is 12.4 Å². The Morgan fingerprint density at radius 2 is 2.06 bits per heavy atom. The van der Waals surface area contributed by atoms with Gasteiger partial charge in [0.25, 0.3) is 0 Å². The van der Waals surface area contributed by atoms with Gasteiger partial charge in [-0.05, 0) is 24.3 Å². The molecule has 0 saturated carbocycles. The summed E-state index contributed by atoms with van der Waals surface area (Å²) in [5, 5.41) is 10.0. The van der Waals surface area contributed by atoms with Crippen LogP contribution in [0.15, 0.2) is 29.2 Å². The summed E-state index contributed by atoms with van der Waals surface area (Å²) in [5.74, 6) is -0.448. The van der Waals surface area contributed by atoms with Crippen LogP contribution in [0.2, 0.25) is 5.02 Å². The standard InChI is InChI=1S/C11H13ClO4S/c1-8(13)16-6-10(14)7-17(15)11-4-2-9(12)3-5-11/h2-5,10,14H,6-7H2,1H3. The van der Waals surface area contributed by atoms with Gasteiger partial charge in [0.05, 0.1) is 22.7 Å². The summed E-state index contributed by atoms with van der Waals surface area (Å²) >= 11 is 5.70. The molecule has 0 radical (unpaired) electrons. The fourth-order valence-electron chi connectivity index (χ4n) is 1.12. The maximum Gasteiger partial charge on any atom is 0.302 e. The van der Waals surface area contributed by atoms with E-state index in [9.17, 15) is 14.1 Å². The maximum atomic E-state index is 11.8. The Morgan fingerprint density at radius 3 is 2.59 bits per heavy atom. The Morgan fingerprint density at radius 1 is 1.47 bits per heavy atom. The Kier molecular flexibility index (Phi) is 5.61. The highest BCUT2D eigenvalue weighted by atomic mass is 35.5. The van der Waals surface area contributed by atoms with Crippen LogP contribution in [-0.4, -0.2) is 33.7 Å². The van der Waals surface area contributed by atoms with Gasteiger partial charge in [-0.15, -0.1) is 0 Å². The lowest BCUT2D eigenvalue weighted by atomic mass is 10.4. The van der Waals surface area contributed by atoms with Crippen molar-refractivity contribution in [1.29, 1.82) is 0 Å². The SMILES string of the molecule is CC(=O)OCC(O)CS(=O)c1ccc(Cl)cc1. The minimum Gasteiger partial charge on any atom is -0.463 e. The number of rotatable bonds is 5. The number of hydrogen-bond acceptors (Lipinski definition) is 4. The van der Waals surface area contributed by atoms with E-state index in [1.165, 1.54) is 6.92 Å². The van der Waals surface area contributed by atoms with Crippen molar-refractivity contribution in [2.24, 2.45) is 0 Å². The van der Waals surface area contributed by atoms with E-state index in [1.807, 2.05) is 0 Å². The van der Waals surface area contributed by atoms with Gasteiger partial charge in [-0.1, -0.05) is 11.6 Å².